The van der Waals surface area contributed by atoms with E-state index in [0.717, 1.165) is 18.5 Å². The fraction of sp³-hybridized carbons (Fsp3) is 0.792. The van der Waals surface area contributed by atoms with Gasteiger partial charge in [-0.05, 0) is 81.8 Å². The molecule has 0 N–H and O–H groups in total. The zero-order valence-corrected chi connectivity index (χ0v) is 17.8. The van der Waals surface area contributed by atoms with Crippen molar-refractivity contribution in [1.82, 2.24) is 19.7 Å². The Labute approximate surface area is 172 Å². The Kier molecular flexibility index (Phi) is 7.76. The van der Waals surface area contributed by atoms with Crippen LogP contribution in [0.15, 0.2) is 24.5 Å². The third kappa shape index (κ3) is 6.01. The van der Waals surface area contributed by atoms with Crippen molar-refractivity contribution in [3.8, 4) is 0 Å². The van der Waals surface area contributed by atoms with E-state index >= 15 is 0 Å². The number of likely N-dealkylation sites (tertiary alicyclic amines) is 2. The van der Waals surface area contributed by atoms with Crippen molar-refractivity contribution in [1.29, 1.82) is 0 Å². The normalized spacial score (nSPS) is 25.5. The van der Waals surface area contributed by atoms with Crippen LogP contribution in [-0.2, 0) is 6.54 Å². The van der Waals surface area contributed by atoms with Gasteiger partial charge in [-0.3, -0.25) is 9.88 Å². The van der Waals surface area contributed by atoms with Crippen LogP contribution in [0, 0.1) is 5.92 Å². The molecule has 1 saturated carbocycles. The Balaban J connectivity index is 1.33. The van der Waals surface area contributed by atoms with E-state index in [9.17, 15) is 0 Å². The maximum absolute atomic E-state index is 4.21. The SMILES string of the molecule is c1cc(CN(CCN2CCCCC2)C[C@H]2CCCN(C3CCCC3)C2)ccn1. The molecule has 0 amide bonds. The summed E-state index contributed by atoms with van der Waals surface area (Å²) in [6, 6.07) is 5.28. The molecule has 0 aromatic carbocycles. The standard InChI is InChI=1S/C24H40N4/c1-4-14-26(15-5-1)17-18-27(19-22-10-12-25-13-11-22)20-23-7-6-16-28(21-23)24-8-2-3-9-24/h10-13,23-24H,1-9,14-21H2/t23-/m1/s1. The molecule has 28 heavy (non-hydrogen) atoms. The fourth-order valence-corrected chi connectivity index (χ4v) is 5.66. The van der Waals surface area contributed by atoms with Crippen molar-refractivity contribution in [2.75, 3.05) is 45.8 Å². The van der Waals surface area contributed by atoms with Gasteiger partial charge in [-0.15, -0.1) is 0 Å². The Hall–Kier alpha value is -0.970. The lowest BCUT2D eigenvalue weighted by atomic mass is 9.95. The van der Waals surface area contributed by atoms with E-state index in [1.165, 1.54) is 109 Å². The summed E-state index contributed by atoms with van der Waals surface area (Å²) in [5.41, 5.74) is 1.41. The van der Waals surface area contributed by atoms with Crippen molar-refractivity contribution in [2.45, 2.75) is 70.4 Å². The maximum Gasteiger partial charge on any atom is 0.0271 e. The van der Waals surface area contributed by atoms with Gasteiger partial charge >= 0.3 is 0 Å². The first kappa shape index (κ1) is 20.3. The minimum absolute atomic E-state index is 0.845. The Bertz CT molecular complexity index is 551. The molecule has 0 bridgehead atoms. The second-order valence-corrected chi connectivity index (χ2v) is 9.43. The number of pyridine rings is 1. The molecule has 0 unspecified atom stereocenters. The predicted octanol–water partition coefficient (Wildman–Crippen LogP) is 4.02. The van der Waals surface area contributed by atoms with Crippen molar-refractivity contribution >= 4 is 0 Å². The van der Waals surface area contributed by atoms with Crippen molar-refractivity contribution in [3.05, 3.63) is 30.1 Å². The van der Waals surface area contributed by atoms with Crippen molar-refractivity contribution in [2.24, 2.45) is 5.92 Å². The average Bonchev–Trinajstić information content (AvgIpc) is 3.29. The smallest absolute Gasteiger partial charge is 0.0271 e. The first-order valence-corrected chi connectivity index (χ1v) is 11.9. The number of hydrogen-bond acceptors (Lipinski definition) is 4. The maximum atomic E-state index is 4.21. The van der Waals surface area contributed by atoms with Crippen LogP contribution in [-0.4, -0.2) is 71.5 Å². The Morgan fingerprint density at radius 2 is 1.68 bits per heavy atom. The number of aromatic nitrogens is 1. The molecule has 2 aliphatic heterocycles. The van der Waals surface area contributed by atoms with Crippen LogP contribution in [0.4, 0.5) is 0 Å². The average molecular weight is 385 g/mol. The van der Waals surface area contributed by atoms with Crippen LogP contribution in [0.5, 0.6) is 0 Å². The first-order chi connectivity index (χ1) is 13.9. The zero-order valence-electron chi connectivity index (χ0n) is 17.8. The molecule has 3 fully saturated rings. The largest absolute Gasteiger partial charge is 0.302 e. The van der Waals surface area contributed by atoms with E-state index in [-0.39, 0.29) is 0 Å². The molecule has 0 radical (unpaired) electrons. The number of rotatable bonds is 8. The number of piperidine rings is 2. The lowest BCUT2D eigenvalue weighted by Crippen LogP contribution is -2.46. The minimum atomic E-state index is 0.845. The van der Waals surface area contributed by atoms with Crippen LogP contribution in [0.2, 0.25) is 0 Å². The molecule has 1 atom stereocenters. The zero-order chi connectivity index (χ0) is 19.0. The van der Waals surface area contributed by atoms with Gasteiger partial charge < -0.3 is 9.80 Å². The van der Waals surface area contributed by atoms with Gasteiger partial charge in [0.15, 0.2) is 0 Å². The van der Waals surface area contributed by atoms with Crippen molar-refractivity contribution < 1.29 is 0 Å². The second kappa shape index (κ2) is 10.7. The van der Waals surface area contributed by atoms with Crippen LogP contribution >= 0.6 is 0 Å². The van der Waals surface area contributed by atoms with E-state index in [0.29, 0.717) is 0 Å². The monoisotopic (exact) mass is 384 g/mol. The third-order valence-electron chi connectivity index (χ3n) is 7.24. The molecule has 156 valence electrons. The molecule has 4 heteroatoms. The molecule has 1 aliphatic carbocycles. The van der Waals surface area contributed by atoms with Gasteiger partial charge in [0.2, 0.25) is 0 Å². The molecule has 1 aromatic heterocycles. The van der Waals surface area contributed by atoms with Crippen LogP contribution < -0.4 is 0 Å². The summed E-state index contributed by atoms with van der Waals surface area (Å²) in [5.74, 6) is 0.845. The van der Waals surface area contributed by atoms with Gasteiger partial charge in [0.25, 0.3) is 0 Å². The summed E-state index contributed by atoms with van der Waals surface area (Å²) in [6.45, 7) is 10.1. The molecule has 3 heterocycles. The van der Waals surface area contributed by atoms with E-state index in [1.54, 1.807) is 0 Å². The highest BCUT2D eigenvalue weighted by Gasteiger charge is 2.28. The van der Waals surface area contributed by atoms with Gasteiger partial charge in [0.1, 0.15) is 0 Å². The molecular weight excluding hydrogens is 344 g/mol. The molecule has 1 aromatic rings. The topological polar surface area (TPSA) is 22.6 Å². The summed E-state index contributed by atoms with van der Waals surface area (Å²) >= 11 is 0. The second-order valence-electron chi connectivity index (χ2n) is 9.43. The Morgan fingerprint density at radius 1 is 0.893 bits per heavy atom. The molecule has 0 spiro atoms. The summed E-state index contributed by atoms with van der Waals surface area (Å²) in [7, 11) is 0. The first-order valence-electron chi connectivity index (χ1n) is 11.9. The van der Waals surface area contributed by atoms with E-state index in [4.69, 9.17) is 0 Å². The molecule has 2 saturated heterocycles. The fourth-order valence-electron chi connectivity index (χ4n) is 5.66. The number of hydrogen-bond donors (Lipinski definition) is 0. The predicted molar refractivity (Wildman–Crippen MR) is 116 cm³/mol. The van der Waals surface area contributed by atoms with E-state index in [2.05, 4.69) is 31.8 Å². The highest BCUT2D eigenvalue weighted by atomic mass is 15.2. The lowest BCUT2D eigenvalue weighted by Gasteiger charge is -2.39. The number of nitrogens with zero attached hydrogens (tertiary/aromatic N) is 4. The lowest BCUT2D eigenvalue weighted by molar-refractivity contribution is 0.0912. The third-order valence-corrected chi connectivity index (χ3v) is 7.24. The molecular formula is C24H40N4. The highest BCUT2D eigenvalue weighted by molar-refractivity contribution is 5.09. The molecule has 4 nitrogen and oxygen atoms in total. The van der Waals surface area contributed by atoms with Gasteiger partial charge in [-0.1, -0.05) is 19.3 Å². The van der Waals surface area contributed by atoms with Crippen LogP contribution in [0.1, 0.15) is 63.4 Å². The Morgan fingerprint density at radius 3 is 2.46 bits per heavy atom. The minimum Gasteiger partial charge on any atom is -0.302 e. The summed E-state index contributed by atoms with van der Waals surface area (Å²) < 4.78 is 0. The van der Waals surface area contributed by atoms with Gasteiger partial charge in [0, 0.05) is 51.2 Å². The quantitative estimate of drug-likeness (QED) is 0.675. The van der Waals surface area contributed by atoms with E-state index < -0.39 is 0 Å². The summed E-state index contributed by atoms with van der Waals surface area (Å²) in [6.07, 6.45) is 16.7. The molecule has 4 rings (SSSR count). The summed E-state index contributed by atoms with van der Waals surface area (Å²) in [4.78, 5) is 12.5. The summed E-state index contributed by atoms with van der Waals surface area (Å²) in [5, 5.41) is 0. The van der Waals surface area contributed by atoms with Gasteiger partial charge in [-0.2, -0.15) is 0 Å². The van der Waals surface area contributed by atoms with Gasteiger partial charge in [-0.25, -0.2) is 0 Å². The van der Waals surface area contributed by atoms with Crippen molar-refractivity contribution in [3.63, 3.8) is 0 Å². The van der Waals surface area contributed by atoms with E-state index in [1.807, 2.05) is 12.4 Å². The highest BCUT2D eigenvalue weighted by Crippen LogP contribution is 2.28. The van der Waals surface area contributed by atoms with Crippen LogP contribution in [0.3, 0.4) is 0 Å². The van der Waals surface area contributed by atoms with Gasteiger partial charge in [0.05, 0.1) is 0 Å². The van der Waals surface area contributed by atoms with Crippen LogP contribution in [0.25, 0.3) is 0 Å². The molecule has 3 aliphatic rings.